The Morgan fingerprint density at radius 1 is 1.86 bits per heavy atom. The lowest BCUT2D eigenvalue weighted by Gasteiger charge is -2.34. The first-order valence-electron chi connectivity index (χ1n) is 2.33. The van der Waals surface area contributed by atoms with Gasteiger partial charge < -0.3 is 10.5 Å². The number of hydrogen-bond acceptors (Lipinski definition) is 2. The molecule has 2 nitrogen and oxygen atoms in total. The second kappa shape index (κ2) is 1.32. The third-order valence-corrected chi connectivity index (χ3v) is 1.21. The summed E-state index contributed by atoms with van der Waals surface area (Å²) in [4.78, 5) is 0. The molecule has 1 unspecified atom stereocenters. The monoisotopic (exact) mass is 99.1 g/mol. The maximum absolute atomic E-state index is 5.46. The molecule has 0 amide bonds. The summed E-state index contributed by atoms with van der Waals surface area (Å²) in [5.74, 6) is 0. The van der Waals surface area contributed by atoms with Gasteiger partial charge in [-0.15, -0.1) is 0 Å². The predicted molar refractivity (Wildman–Crippen MR) is 27.7 cm³/mol. The van der Waals surface area contributed by atoms with Crippen molar-refractivity contribution in [3.05, 3.63) is 12.7 Å². The van der Waals surface area contributed by atoms with E-state index in [9.17, 15) is 0 Å². The Bertz CT molecular complexity index is 86.1. The van der Waals surface area contributed by atoms with Gasteiger partial charge in [-0.2, -0.15) is 0 Å². The summed E-state index contributed by atoms with van der Waals surface area (Å²) in [5, 5.41) is 0. The molecular weight excluding hydrogens is 90.1 g/mol. The van der Waals surface area contributed by atoms with Crippen molar-refractivity contribution in [1.29, 1.82) is 0 Å². The van der Waals surface area contributed by atoms with Crippen LogP contribution in [0.25, 0.3) is 0 Å². The molecule has 0 spiro atoms. The van der Waals surface area contributed by atoms with Gasteiger partial charge in [0, 0.05) is 6.42 Å². The Balaban J connectivity index is 2.43. The molecule has 1 fully saturated rings. The molecule has 1 aliphatic rings. The van der Waals surface area contributed by atoms with Crippen LogP contribution in [-0.2, 0) is 4.74 Å². The summed E-state index contributed by atoms with van der Waals surface area (Å²) in [7, 11) is 0. The molecule has 0 aromatic rings. The lowest BCUT2D eigenvalue weighted by Crippen LogP contribution is -2.49. The first-order valence-corrected chi connectivity index (χ1v) is 2.33. The van der Waals surface area contributed by atoms with E-state index in [1.807, 2.05) is 0 Å². The first-order chi connectivity index (χ1) is 3.27. The van der Waals surface area contributed by atoms with E-state index < -0.39 is 5.72 Å². The smallest absolute Gasteiger partial charge is 0.137 e. The van der Waals surface area contributed by atoms with Gasteiger partial charge >= 0.3 is 0 Å². The van der Waals surface area contributed by atoms with Crippen molar-refractivity contribution in [1.82, 2.24) is 0 Å². The van der Waals surface area contributed by atoms with Crippen LogP contribution in [0, 0.1) is 0 Å². The van der Waals surface area contributed by atoms with Gasteiger partial charge in [0.25, 0.3) is 0 Å². The van der Waals surface area contributed by atoms with E-state index >= 15 is 0 Å². The Morgan fingerprint density at radius 2 is 2.43 bits per heavy atom. The molecule has 0 saturated carbocycles. The maximum Gasteiger partial charge on any atom is 0.137 e. The maximum atomic E-state index is 5.46. The van der Waals surface area contributed by atoms with Crippen molar-refractivity contribution in [3.8, 4) is 0 Å². The van der Waals surface area contributed by atoms with E-state index in [1.54, 1.807) is 6.08 Å². The zero-order valence-electron chi connectivity index (χ0n) is 4.18. The SMILES string of the molecule is C=CC1(N)CCO1. The molecule has 0 aromatic carbocycles. The molecule has 2 heteroatoms. The molecular formula is C5H9NO. The average molecular weight is 99.1 g/mol. The van der Waals surface area contributed by atoms with Crippen molar-refractivity contribution in [2.75, 3.05) is 6.61 Å². The van der Waals surface area contributed by atoms with E-state index in [0.717, 1.165) is 13.0 Å². The van der Waals surface area contributed by atoms with Gasteiger partial charge in [0.05, 0.1) is 6.61 Å². The topological polar surface area (TPSA) is 35.2 Å². The van der Waals surface area contributed by atoms with Crippen molar-refractivity contribution in [3.63, 3.8) is 0 Å². The summed E-state index contributed by atoms with van der Waals surface area (Å²) in [5.41, 5.74) is 4.99. The fraction of sp³-hybridized carbons (Fsp3) is 0.600. The summed E-state index contributed by atoms with van der Waals surface area (Å²) >= 11 is 0. The van der Waals surface area contributed by atoms with E-state index in [1.165, 1.54) is 0 Å². The van der Waals surface area contributed by atoms with Crippen LogP contribution in [-0.4, -0.2) is 12.3 Å². The quantitative estimate of drug-likeness (QED) is 0.478. The highest BCUT2D eigenvalue weighted by Crippen LogP contribution is 2.19. The van der Waals surface area contributed by atoms with Crippen LogP contribution in [0.3, 0.4) is 0 Å². The molecule has 0 radical (unpaired) electrons. The number of nitrogens with two attached hydrogens (primary N) is 1. The summed E-state index contributed by atoms with van der Waals surface area (Å²) in [6.07, 6.45) is 2.55. The van der Waals surface area contributed by atoms with Gasteiger partial charge in [-0.25, -0.2) is 0 Å². The standard InChI is InChI=1S/C5H9NO/c1-2-5(6)3-4-7-5/h2H,1,3-4,6H2. The molecule has 1 rings (SSSR count). The highest BCUT2D eigenvalue weighted by molar-refractivity contribution is 4.96. The Morgan fingerprint density at radius 3 is 2.43 bits per heavy atom. The van der Waals surface area contributed by atoms with Crippen molar-refractivity contribution in [2.24, 2.45) is 5.73 Å². The molecule has 1 atom stereocenters. The fourth-order valence-electron chi connectivity index (χ4n) is 0.499. The van der Waals surface area contributed by atoms with E-state index in [-0.39, 0.29) is 0 Å². The van der Waals surface area contributed by atoms with Crippen molar-refractivity contribution >= 4 is 0 Å². The zero-order valence-corrected chi connectivity index (χ0v) is 4.18. The summed E-state index contributed by atoms with van der Waals surface area (Å²) < 4.78 is 4.93. The van der Waals surface area contributed by atoms with Gasteiger partial charge in [0.15, 0.2) is 0 Å². The van der Waals surface area contributed by atoms with E-state index in [2.05, 4.69) is 6.58 Å². The second-order valence-electron chi connectivity index (χ2n) is 1.76. The number of hydrogen-bond donors (Lipinski definition) is 1. The van der Waals surface area contributed by atoms with Crippen LogP contribution >= 0.6 is 0 Å². The predicted octanol–water partition coefficient (Wildman–Crippen LogP) is 0.248. The van der Waals surface area contributed by atoms with Crippen molar-refractivity contribution in [2.45, 2.75) is 12.1 Å². The van der Waals surface area contributed by atoms with Gasteiger partial charge in [-0.3, -0.25) is 0 Å². The Kier molecular flexibility index (Phi) is 0.905. The molecule has 0 aromatic heterocycles. The molecule has 0 aliphatic carbocycles. The molecule has 2 N–H and O–H groups in total. The molecule has 40 valence electrons. The second-order valence-corrected chi connectivity index (χ2v) is 1.76. The fourth-order valence-corrected chi connectivity index (χ4v) is 0.499. The minimum absolute atomic E-state index is 0.472. The lowest BCUT2D eigenvalue weighted by molar-refractivity contribution is -0.107. The van der Waals surface area contributed by atoms with Gasteiger partial charge in [-0.05, 0) is 6.08 Å². The summed E-state index contributed by atoms with van der Waals surface area (Å²) in [6, 6.07) is 0. The van der Waals surface area contributed by atoms with Crippen LogP contribution in [0.1, 0.15) is 6.42 Å². The Hall–Kier alpha value is -0.340. The highest BCUT2D eigenvalue weighted by atomic mass is 16.5. The minimum Gasteiger partial charge on any atom is -0.357 e. The van der Waals surface area contributed by atoms with Gasteiger partial charge in [0.1, 0.15) is 5.72 Å². The van der Waals surface area contributed by atoms with Crippen LogP contribution in [0.2, 0.25) is 0 Å². The number of rotatable bonds is 1. The van der Waals surface area contributed by atoms with Crippen LogP contribution in [0.4, 0.5) is 0 Å². The van der Waals surface area contributed by atoms with Crippen LogP contribution in [0.15, 0.2) is 12.7 Å². The lowest BCUT2D eigenvalue weighted by atomic mass is 10.1. The van der Waals surface area contributed by atoms with Gasteiger partial charge in [-0.1, -0.05) is 6.58 Å². The van der Waals surface area contributed by atoms with Crippen molar-refractivity contribution < 1.29 is 4.74 Å². The van der Waals surface area contributed by atoms with E-state index in [0.29, 0.717) is 0 Å². The minimum atomic E-state index is -0.472. The molecule has 1 aliphatic heterocycles. The largest absolute Gasteiger partial charge is 0.357 e. The summed E-state index contributed by atoms with van der Waals surface area (Å²) in [6.45, 7) is 4.28. The Labute approximate surface area is 43.0 Å². The third kappa shape index (κ3) is 0.667. The zero-order chi connectivity index (χ0) is 5.33. The average Bonchev–Trinajstić information content (AvgIpc) is 1.61. The third-order valence-electron chi connectivity index (χ3n) is 1.21. The van der Waals surface area contributed by atoms with Crippen LogP contribution < -0.4 is 5.73 Å². The van der Waals surface area contributed by atoms with Gasteiger partial charge in [0.2, 0.25) is 0 Å². The molecule has 1 saturated heterocycles. The normalized spacial score (nSPS) is 39.6. The molecule has 0 bridgehead atoms. The first kappa shape index (κ1) is 4.81. The van der Waals surface area contributed by atoms with Crippen LogP contribution in [0.5, 0.6) is 0 Å². The highest BCUT2D eigenvalue weighted by Gasteiger charge is 2.29. The van der Waals surface area contributed by atoms with E-state index in [4.69, 9.17) is 10.5 Å². The molecule has 7 heavy (non-hydrogen) atoms. The number of ether oxygens (including phenoxy) is 1. The molecule has 1 heterocycles.